The molecule has 5 rings (SSSR count). The van der Waals surface area contributed by atoms with Gasteiger partial charge in [-0.3, -0.25) is 4.21 Å². The monoisotopic (exact) mass is 581 g/mol. The highest BCUT2D eigenvalue weighted by Crippen LogP contribution is 2.31. The summed E-state index contributed by atoms with van der Waals surface area (Å²) in [4.78, 5) is 27.4. The van der Waals surface area contributed by atoms with Crippen molar-refractivity contribution in [3.05, 3.63) is 101 Å². The highest BCUT2D eigenvalue weighted by molar-refractivity contribution is 7.84. The van der Waals surface area contributed by atoms with Gasteiger partial charge in [0.05, 0.1) is 11.3 Å². The first-order chi connectivity index (χ1) is 19.7. The van der Waals surface area contributed by atoms with Crippen LogP contribution in [0.4, 0.5) is 25.1 Å². The number of fused-ring (bicyclic) bond motifs is 1. The summed E-state index contributed by atoms with van der Waals surface area (Å²) in [5.74, 6) is -1.01. The molecule has 2 heterocycles. The average Bonchev–Trinajstić information content (AvgIpc) is 2.96. The predicted molar refractivity (Wildman–Crippen MR) is 150 cm³/mol. The topological polar surface area (TPSA) is 108 Å². The standard InChI is InChI=1S/C29H26F3N5O3S/c30-29(31,32)23-12-10-21(11-13-23)25-34-27(33-24(26(38)39)18-41(40)17-19-6-2-1-3-7-19)36-28(35-25)37-15-14-20-8-4-5-9-22(20)16-37/h1-13,24H,14-18H2,(H,38,39)(H,33,34,35,36). The van der Waals surface area contributed by atoms with E-state index >= 15 is 0 Å². The number of alkyl halides is 3. The maximum Gasteiger partial charge on any atom is 0.416 e. The van der Waals surface area contributed by atoms with Crippen molar-refractivity contribution in [2.45, 2.75) is 30.9 Å². The molecule has 12 heteroatoms. The summed E-state index contributed by atoms with van der Waals surface area (Å²) >= 11 is 0. The highest BCUT2D eigenvalue weighted by atomic mass is 32.2. The minimum Gasteiger partial charge on any atom is -0.480 e. The van der Waals surface area contributed by atoms with Crippen molar-refractivity contribution < 1.29 is 27.3 Å². The van der Waals surface area contributed by atoms with Gasteiger partial charge in [0.25, 0.3) is 0 Å². The lowest BCUT2D eigenvalue weighted by Gasteiger charge is -2.29. The Bertz CT molecular complexity index is 1550. The number of halogens is 3. The molecule has 0 radical (unpaired) electrons. The molecular weight excluding hydrogens is 555 g/mol. The van der Waals surface area contributed by atoms with Gasteiger partial charge in [-0.15, -0.1) is 0 Å². The lowest BCUT2D eigenvalue weighted by molar-refractivity contribution is -0.138. The van der Waals surface area contributed by atoms with Gasteiger partial charge in [-0.1, -0.05) is 66.7 Å². The predicted octanol–water partition coefficient (Wildman–Crippen LogP) is 4.93. The van der Waals surface area contributed by atoms with Crippen LogP contribution in [0.2, 0.25) is 0 Å². The molecule has 8 nitrogen and oxygen atoms in total. The zero-order chi connectivity index (χ0) is 29.0. The van der Waals surface area contributed by atoms with Crippen molar-refractivity contribution >= 4 is 28.7 Å². The first-order valence-corrected chi connectivity index (χ1v) is 14.3. The molecule has 4 aromatic rings. The Hall–Kier alpha value is -4.32. The van der Waals surface area contributed by atoms with Gasteiger partial charge in [-0.25, -0.2) is 4.79 Å². The van der Waals surface area contributed by atoms with Crippen molar-refractivity contribution in [1.29, 1.82) is 0 Å². The van der Waals surface area contributed by atoms with Crippen LogP contribution in [0.5, 0.6) is 0 Å². The number of aromatic nitrogens is 3. The molecule has 212 valence electrons. The summed E-state index contributed by atoms with van der Waals surface area (Å²) in [7, 11) is -1.51. The molecule has 1 aliphatic heterocycles. The summed E-state index contributed by atoms with van der Waals surface area (Å²) in [6.45, 7) is 1.08. The van der Waals surface area contributed by atoms with E-state index in [-0.39, 0.29) is 29.2 Å². The van der Waals surface area contributed by atoms with E-state index in [9.17, 15) is 27.3 Å². The Morgan fingerprint density at radius 2 is 1.63 bits per heavy atom. The maximum absolute atomic E-state index is 13.1. The van der Waals surface area contributed by atoms with E-state index in [4.69, 9.17) is 0 Å². The van der Waals surface area contributed by atoms with Crippen molar-refractivity contribution in [2.24, 2.45) is 0 Å². The van der Waals surface area contributed by atoms with E-state index in [1.807, 2.05) is 59.5 Å². The molecule has 2 atom stereocenters. The molecule has 0 saturated heterocycles. The molecule has 0 amide bonds. The van der Waals surface area contributed by atoms with Crippen LogP contribution >= 0.6 is 0 Å². The quantitative estimate of drug-likeness (QED) is 0.286. The first kappa shape index (κ1) is 28.2. The minimum absolute atomic E-state index is 0.0760. The molecule has 3 aromatic carbocycles. The van der Waals surface area contributed by atoms with Crippen LogP contribution in [-0.2, 0) is 40.5 Å². The van der Waals surface area contributed by atoms with Gasteiger partial charge in [0.2, 0.25) is 11.9 Å². The van der Waals surface area contributed by atoms with Gasteiger partial charge in [0.15, 0.2) is 5.82 Å². The van der Waals surface area contributed by atoms with Crippen molar-refractivity contribution in [3.8, 4) is 11.4 Å². The zero-order valence-corrected chi connectivity index (χ0v) is 22.5. The van der Waals surface area contributed by atoms with Gasteiger partial charge < -0.3 is 15.3 Å². The molecule has 0 saturated carbocycles. The van der Waals surface area contributed by atoms with Crippen molar-refractivity contribution in [2.75, 3.05) is 22.5 Å². The molecule has 1 aliphatic rings. The minimum atomic E-state index is -4.50. The number of nitrogens with zero attached hydrogens (tertiary/aromatic N) is 4. The number of nitrogens with one attached hydrogen (secondary N) is 1. The second kappa shape index (κ2) is 12.0. The smallest absolute Gasteiger partial charge is 0.416 e. The van der Waals surface area contributed by atoms with Crippen LogP contribution in [0.1, 0.15) is 22.3 Å². The molecule has 0 spiro atoms. The fourth-order valence-electron chi connectivity index (χ4n) is 4.51. The molecule has 41 heavy (non-hydrogen) atoms. The molecule has 1 aromatic heterocycles. The van der Waals surface area contributed by atoms with E-state index in [1.54, 1.807) is 0 Å². The maximum atomic E-state index is 13.1. The van der Waals surface area contributed by atoms with Crippen LogP contribution in [0.15, 0.2) is 78.9 Å². The summed E-state index contributed by atoms with van der Waals surface area (Å²) in [6, 6.07) is 20.2. The van der Waals surface area contributed by atoms with Gasteiger partial charge >= 0.3 is 12.1 Å². The molecular formula is C29H26F3N5O3S. The van der Waals surface area contributed by atoms with E-state index < -0.39 is 34.6 Å². The van der Waals surface area contributed by atoms with E-state index in [0.29, 0.717) is 18.7 Å². The second-order valence-corrected chi connectivity index (χ2v) is 11.1. The number of aliphatic carboxylic acids is 1. The van der Waals surface area contributed by atoms with Gasteiger partial charge in [0.1, 0.15) is 6.04 Å². The van der Waals surface area contributed by atoms with Crippen LogP contribution in [0.25, 0.3) is 11.4 Å². The molecule has 2 N–H and O–H groups in total. The van der Waals surface area contributed by atoms with Crippen LogP contribution in [0.3, 0.4) is 0 Å². The number of benzene rings is 3. The van der Waals surface area contributed by atoms with Crippen molar-refractivity contribution in [3.63, 3.8) is 0 Å². The Morgan fingerprint density at radius 1 is 0.951 bits per heavy atom. The number of hydrogen-bond donors (Lipinski definition) is 2. The largest absolute Gasteiger partial charge is 0.480 e. The number of hydrogen-bond acceptors (Lipinski definition) is 7. The summed E-state index contributed by atoms with van der Waals surface area (Å²) < 4.78 is 52.2. The highest BCUT2D eigenvalue weighted by Gasteiger charge is 2.30. The van der Waals surface area contributed by atoms with Crippen LogP contribution < -0.4 is 10.2 Å². The summed E-state index contributed by atoms with van der Waals surface area (Å²) in [6.07, 6.45) is -3.77. The fourth-order valence-corrected chi connectivity index (χ4v) is 5.79. The SMILES string of the molecule is O=C(O)C(CS(=O)Cc1ccccc1)Nc1nc(-c2ccc(C(F)(F)F)cc2)nc(N2CCc3ccccc3C2)n1. The van der Waals surface area contributed by atoms with Gasteiger partial charge in [0, 0.05) is 35.2 Å². The van der Waals surface area contributed by atoms with E-state index in [1.165, 1.54) is 17.7 Å². The van der Waals surface area contributed by atoms with E-state index in [2.05, 4.69) is 20.3 Å². The zero-order valence-electron chi connectivity index (χ0n) is 21.7. The van der Waals surface area contributed by atoms with Gasteiger partial charge in [-0.2, -0.15) is 28.1 Å². The normalized spacial score (nSPS) is 14.7. The third-order valence-electron chi connectivity index (χ3n) is 6.63. The molecule has 2 unspecified atom stereocenters. The van der Waals surface area contributed by atoms with Gasteiger partial charge in [-0.05, 0) is 35.2 Å². The molecule has 0 fully saturated rings. The first-order valence-electron chi connectivity index (χ1n) is 12.8. The number of rotatable bonds is 9. The van der Waals surface area contributed by atoms with Crippen LogP contribution in [0, 0.1) is 0 Å². The number of carboxylic acid groups (broad SMARTS) is 1. The summed E-state index contributed by atoms with van der Waals surface area (Å²) in [5, 5.41) is 12.7. The lowest BCUT2D eigenvalue weighted by atomic mass is 10.0. The van der Waals surface area contributed by atoms with Crippen LogP contribution in [-0.4, -0.2) is 48.6 Å². The number of carbonyl (C=O) groups is 1. The van der Waals surface area contributed by atoms with E-state index in [0.717, 1.165) is 29.7 Å². The Balaban J connectivity index is 1.45. The Kier molecular flexibility index (Phi) is 8.29. The molecule has 0 aliphatic carbocycles. The lowest BCUT2D eigenvalue weighted by Crippen LogP contribution is -2.36. The second-order valence-electron chi connectivity index (χ2n) is 9.57. The number of carboxylic acids is 1. The third kappa shape index (κ3) is 7.07. The Labute approximate surface area is 236 Å². The average molecular weight is 582 g/mol. The molecule has 0 bridgehead atoms. The summed E-state index contributed by atoms with van der Waals surface area (Å²) in [5.41, 5.74) is 2.60. The third-order valence-corrected chi connectivity index (χ3v) is 7.99. The fraction of sp³-hybridized carbons (Fsp3) is 0.241. The van der Waals surface area contributed by atoms with Crippen molar-refractivity contribution in [1.82, 2.24) is 15.0 Å². The Morgan fingerprint density at radius 3 is 2.32 bits per heavy atom. The number of anilines is 2.